The van der Waals surface area contributed by atoms with Crippen molar-refractivity contribution in [1.82, 2.24) is 20.2 Å². The summed E-state index contributed by atoms with van der Waals surface area (Å²) >= 11 is 0. The van der Waals surface area contributed by atoms with Crippen LogP contribution in [0.2, 0.25) is 0 Å². The number of methoxy groups -OCH3 is 1. The third kappa shape index (κ3) is 6.04. The Kier molecular flexibility index (Phi) is 8.03. The fraction of sp³-hybridized carbons (Fsp3) is 0.385. The zero-order valence-corrected chi connectivity index (χ0v) is 22.0. The third-order valence-electron chi connectivity index (χ3n) is 6.60. The SMILES string of the molecule is COc1ncc(N2CCOCC2)cc1S(=O)(=O)Nc1ccnc(-c2ccc(CN3CCNCC3)cc2F)c1. The summed E-state index contributed by atoms with van der Waals surface area (Å²) in [7, 11) is -2.71. The van der Waals surface area contributed by atoms with E-state index in [2.05, 4.69) is 24.9 Å². The monoisotopic (exact) mass is 542 g/mol. The number of anilines is 2. The smallest absolute Gasteiger partial charge is 0.267 e. The number of halogens is 1. The molecule has 0 amide bonds. The third-order valence-corrected chi connectivity index (χ3v) is 7.98. The van der Waals surface area contributed by atoms with E-state index in [0.717, 1.165) is 31.7 Å². The molecule has 0 unspecified atom stereocenters. The number of benzene rings is 1. The average molecular weight is 543 g/mol. The molecule has 2 aliphatic heterocycles. The molecule has 2 N–H and O–H groups in total. The molecule has 0 aliphatic carbocycles. The van der Waals surface area contributed by atoms with Crippen LogP contribution in [0.3, 0.4) is 0 Å². The molecule has 0 spiro atoms. The molecule has 0 atom stereocenters. The second kappa shape index (κ2) is 11.6. The van der Waals surface area contributed by atoms with Gasteiger partial charge in [0.15, 0.2) is 4.90 Å². The van der Waals surface area contributed by atoms with Gasteiger partial charge in [-0.05, 0) is 35.9 Å². The molecule has 2 fully saturated rings. The average Bonchev–Trinajstić information content (AvgIpc) is 2.94. The van der Waals surface area contributed by atoms with E-state index in [-0.39, 0.29) is 16.5 Å². The first kappa shape index (κ1) is 26.3. The summed E-state index contributed by atoms with van der Waals surface area (Å²) in [4.78, 5) is 12.7. The summed E-state index contributed by atoms with van der Waals surface area (Å²) in [5.74, 6) is -0.427. The largest absolute Gasteiger partial charge is 0.480 e. The van der Waals surface area contributed by atoms with E-state index < -0.39 is 15.8 Å². The Morgan fingerprint density at radius 3 is 2.61 bits per heavy atom. The Morgan fingerprint density at radius 1 is 1.08 bits per heavy atom. The summed E-state index contributed by atoms with van der Waals surface area (Å²) < 4.78 is 55.1. The van der Waals surface area contributed by atoms with Crippen LogP contribution < -0.4 is 19.7 Å². The predicted molar refractivity (Wildman–Crippen MR) is 142 cm³/mol. The number of ether oxygens (including phenoxy) is 2. The van der Waals surface area contributed by atoms with Gasteiger partial charge in [0.1, 0.15) is 5.82 Å². The highest BCUT2D eigenvalue weighted by atomic mass is 32.2. The summed E-state index contributed by atoms with van der Waals surface area (Å²) in [5.41, 5.74) is 2.41. The number of hydrogen-bond acceptors (Lipinski definition) is 9. The van der Waals surface area contributed by atoms with Crippen molar-refractivity contribution in [3.05, 3.63) is 60.2 Å². The lowest BCUT2D eigenvalue weighted by molar-refractivity contribution is 0.122. The van der Waals surface area contributed by atoms with Crippen LogP contribution in [0.15, 0.2) is 53.7 Å². The Labute approximate surface area is 221 Å². The number of rotatable bonds is 8. The second-order valence-electron chi connectivity index (χ2n) is 9.18. The van der Waals surface area contributed by atoms with Gasteiger partial charge in [0.25, 0.3) is 10.0 Å². The number of nitrogens with zero attached hydrogens (tertiary/aromatic N) is 4. The van der Waals surface area contributed by atoms with Gasteiger partial charge >= 0.3 is 0 Å². The highest BCUT2D eigenvalue weighted by Gasteiger charge is 2.24. The van der Waals surface area contributed by atoms with Crippen molar-refractivity contribution < 1.29 is 22.3 Å². The summed E-state index contributed by atoms with van der Waals surface area (Å²) in [6.07, 6.45) is 3.03. The first-order valence-electron chi connectivity index (χ1n) is 12.5. The van der Waals surface area contributed by atoms with Gasteiger partial charge in [-0.3, -0.25) is 14.6 Å². The van der Waals surface area contributed by atoms with E-state index in [0.29, 0.717) is 49.8 Å². The second-order valence-corrected chi connectivity index (χ2v) is 10.8. The molecule has 2 saturated heterocycles. The molecule has 202 valence electrons. The Bertz CT molecular complexity index is 1380. The van der Waals surface area contributed by atoms with E-state index in [1.807, 2.05) is 11.0 Å². The van der Waals surface area contributed by atoms with Crippen LogP contribution in [0, 0.1) is 5.82 Å². The maximum atomic E-state index is 15.1. The zero-order chi connectivity index (χ0) is 26.5. The van der Waals surface area contributed by atoms with Crippen LogP contribution in [0.1, 0.15) is 5.56 Å². The van der Waals surface area contributed by atoms with Crippen molar-refractivity contribution in [2.45, 2.75) is 11.4 Å². The minimum Gasteiger partial charge on any atom is -0.480 e. The minimum absolute atomic E-state index is 0.0186. The van der Waals surface area contributed by atoms with Crippen molar-refractivity contribution in [2.24, 2.45) is 0 Å². The van der Waals surface area contributed by atoms with Crippen LogP contribution in [-0.4, -0.2) is 82.9 Å². The number of hydrogen-bond donors (Lipinski definition) is 2. The van der Waals surface area contributed by atoms with Crippen molar-refractivity contribution in [3.8, 4) is 17.1 Å². The molecule has 5 rings (SSSR count). The van der Waals surface area contributed by atoms with Gasteiger partial charge in [-0.15, -0.1) is 0 Å². The standard InChI is InChI=1S/C26H31FN6O4S/c1-36-26-25(16-21(17-30-26)33-10-12-37-13-11-33)38(34,35)31-20-4-5-29-24(15-20)22-3-2-19(14-23(22)27)18-32-8-6-28-7-9-32/h2-5,14-17,28H,6-13,18H2,1H3,(H,29,31). The Morgan fingerprint density at radius 2 is 1.87 bits per heavy atom. The van der Waals surface area contributed by atoms with E-state index in [9.17, 15) is 8.42 Å². The lowest BCUT2D eigenvalue weighted by Gasteiger charge is -2.29. The van der Waals surface area contributed by atoms with E-state index >= 15 is 4.39 Å². The topological polar surface area (TPSA) is 109 Å². The van der Waals surface area contributed by atoms with Crippen LogP contribution in [-0.2, 0) is 21.3 Å². The zero-order valence-electron chi connectivity index (χ0n) is 21.2. The van der Waals surface area contributed by atoms with Gasteiger partial charge in [-0.2, -0.15) is 0 Å². The Balaban J connectivity index is 1.36. The van der Waals surface area contributed by atoms with E-state index in [4.69, 9.17) is 9.47 Å². The fourth-order valence-electron chi connectivity index (χ4n) is 4.61. The first-order valence-corrected chi connectivity index (χ1v) is 14.0. The minimum atomic E-state index is -4.08. The summed E-state index contributed by atoms with van der Waals surface area (Å²) in [6.45, 7) is 6.73. The number of pyridine rings is 2. The van der Waals surface area contributed by atoms with Crippen LogP contribution in [0.5, 0.6) is 5.88 Å². The molecular formula is C26H31FN6O4S. The van der Waals surface area contributed by atoms with Crippen LogP contribution in [0.25, 0.3) is 11.3 Å². The molecule has 0 saturated carbocycles. The number of nitrogens with one attached hydrogen (secondary N) is 2. The van der Waals surface area contributed by atoms with E-state index in [1.165, 1.54) is 31.5 Å². The van der Waals surface area contributed by atoms with Gasteiger partial charge in [0.2, 0.25) is 5.88 Å². The summed E-state index contributed by atoms with van der Waals surface area (Å²) in [6, 6.07) is 9.65. The molecule has 10 nitrogen and oxygen atoms in total. The maximum absolute atomic E-state index is 15.1. The molecule has 2 aliphatic rings. The molecular weight excluding hydrogens is 511 g/mol. The van der Waals surface area contributed by atoms with Crippen LogP contribution >= 0.6 is 0 Å². The lowest BCUT2D eigenvalue weighted by Crippen LogP contribution is -2.42. The number of sulfonamides is 1. The van der Waals surface area contributed by atoms with Crippen molar-refractivity contribution >= 4 is 21.4 Å². The van der Waals surface area contributed by atoms with E-state index in [1.54, 1.807) is 18.3 Å². The normalized spacial score (nSPS) is 16.8. The van der Waals surface area contributed by atoms with Gasteiger partial charge in [-0.25, -0.2) is 17.8 Å². The summed E-state index contributed by atoms with van der Waals surface area (Å²) in [5, 5.41) is 3.31. The Hall–Kier alpha value is -3.32. The lowest BCUT2D eigenvalue weighted by atomic mass is 10.1. The molecule has 1 aromatic carbocycles. The van der Waals surface area contributed by atoms with Gasteiger partial charge in [0.05, 0.1) is 43.6 Å². The quantitative estimate of drug-likeness (QED) is 0.443. The fourth-order valence-corrected chi connectivity index (χ4v) is 5.79. The molecule has 4 heterocycles. The molecule has 38 heavy (non-hydrogen) atoms. The highest BCUT2D eigenvalue weighted by Crippen LogP contribution is 2.30. The van der Waals surface area contributed by atoms with Gasteiger partial charge in [0, 0.05) is 57.6 Å². The van der Waals surface area contributed by atoms with Gasteiger partial charge in [-0.1, -0.05) is 6.07 Å². The van der Waals surface area contributed by atoms with Crippen molar-refractivity contribution in [1.29, 1.82) is 0 Å². The molecule has 12 heteroatoms. The predicted octanol–water partition coefficient (Wildman–Crippen LogP) is 2.33. The van der Waals surface area contributed by atoms with Crippen molar-refractivity contribution in [2.75, 3.05) is 69.2 Å². The molecule has 0 bridgehead atoms. The number of morpholine rings is 1. The highest BCUT2D eigenvalue weighted by molar-refractivity contribution is 7.92. The molecule has 0 radical (unpaired) electrons. The molecule has 2 aromatic heterocycles. The maximum Gasteiger partial charge on any atom is 0.267 e. The van der Waals surface area contributed by atoms with Crippen molar-refractivity contribution in [3.63, 3.8) is 0 Å². The first-order chi connectivity index (χ1) is 18.4. The number of aromatic nitrogens is 2. The molecule has 3 aromatic rings. The number of piperazine rings is 1. The van der Waals surface area contributed by atoms with Crippen LogP contribution in [0.4, 0.5) is 15.8 Å². The van der Waals surface area contributed by atoms with Gasteiger partial charge < -0.3 is 19.7 Å².